The summed E-state index contributed by atoms with van der Waals surface area (Å²) in [4.78, 5) is 13.9. The Morgan fingerprint density at radius 1 is 1.26 bits per heavy atom. The van der Waals surface area contributed by atoms with E-state index < -0.39 is 11.5 Å². The summed E-state index contributed by atoms with van der Waals surface area (Å²) in [5.41, 5.74) is -0.745. The molecule has 0 saturated heterocycles. The van der Waals surface area contributed by atoms with E-state index in [9.17, 15) is 9.90 Å². The predicted molar refractivity (Wildman–Crippen MR) is 78.5 cm³/mol. The first kappa shape index (κ1) is 16.4. The molecular weight excluding hydrogens is 240 g/mol. The molecule has 1 unspecified atom stereocenters. The smallest absolute Gasteiger partial charge is 0.323 e. The molecule has 0 aliphatic heterocycles. The number of rotatable bonds is 11. The molecule has 0 bridgehead atoms. The van der Waals surface area contributed by atoms with Crippen LogP contribution in [0, 0.1) is 0 Å². The van der Waals surface area contributed by atoms with Gasteiger partial charge in [0.05, 0.1) is 0 Å². The number of nitrogens with zero attached hydrogens (tertiary/aromatic N) is 1. The minimum Gasteiger partial charge on any atom is -0.480 e. The quantitative estimate of drug-likeness (QED) is 0.605. The Balaban J connectivity index is 2.35. The summed E-state index contributed by atoms with van der Waals surface area (Å²) in [6, 6.07) is 0.434. The van der Waals surface area contributed by atoms with Gasteiger partial charge in [-0.2, -0.15) is 0 Å². The van der Waals surface area contributed by atoms with Gasteiger partial charge in [0.1, 0.15) is 5.54 Å². The molecule has 1 fully saturated rings. The Hall–Kier alpha value is -0.610. The van der Waals surface area contributed by atoms with Crippen LogP contribution in [0.25, 0.3) is 0 Å². The number of hydrogen-bond acceptors (Lipinski definition) is 3. The first-order chi connectivity index (χ1) is 9.01. The summed E-state index contributed by atoms with van der Waals surface area (Å²) >= 11 is 0. The molecule has 0 radical (unpaired) electrons. The van der Waals surface area contributed by atoms with E-state index in [0.29, 0.717) is 12.5 Å². The summed E-state index contributed by atoms with van der Waals surface area (Å²) in [6.45, 7) is 9.47. The number of carboxylic acid groups (broad SMARTS) is 1. The Morgan fingerprint density at radius 2 is 1.84 bits per heavy atom. The van der Waals surface area contributed by atoms with Gasteiger partial charge in [0.2, 0.25) is 0 Å². The van der Waals surface area contributed by atoms with Crippen molar-refractivity contribution in [1.82, 2.24) is 10.2 Å². The highest BCUT2D eigenvalue weighted by Crippen LogP contribution is 2.25. The second-order valence-electron chi connectivity index (χ2n) is 6.00. The highest BCUT2D eigenvalue weighted by atomic mass is 16.4. The number of nitrogens with one attached hydrogen (secondary N) is 1. The Labute approximate surface area is 117 Å². The van der Waals surface area contributed by atoms with Crippen LogP contribution in [-0.4, -0.2) is 47.2 Å². The van der Waals surface area contributed by atoms with Crippen molar-refractivity contribution >= 4 is 5.97 Å². The Bertz CT molecular complexity index is 273. The van der Waals surface area contributed by atoms with E-state index >= 15 is 0 Å². The minimum atomic E-state index is -0.745. The largest absolute Gasteiger partial charge is 0.480 e. The summed E-state index contributed by atoms with van der Waals surface area (Å²) in [7, 11) is 0. The van der Waals surface area contributed by atoms with Crippen molar-refractivity contribution in [1.29, 1.82) is 0 Å². The number of carboxylic acids is 1. The molecule has 0 amide bonds. The second kappa shape index (κ2) is 7.85. The third-order valence-corrected chi connectivity index (χ3v) is 3.80. The Morgan fingerprint density at radius 3 is 2.26 bits per heavy atom. The number of carbonyl (C=O) groups is 1. The van der Waals surface area contributed by atoms with E-state index in [-0.39, 0.29) is 0 Å². The zero-order valence-electron chi connectivity index (χ0n) is 12.7. The molecule has 4 nitrogen and oxygen atoms in total. The zero-order chi connectivity index (χ0) is 14.3. The average molecular weight is 270 g/mol. The molecule has 0 aromatic carbocycles. The molecule has 0 spiro atoms. The summed E-state index contributed by atoms with van der Waals surface area (Å²) < 4.78 is 0. The molecule has 0 aromatic heterocycles. The van der Waals surface area contributed by atoms with Gasteiger partial charge in [-0.05, 0) is 65.1 Å². The van der Waals surface area contributed by atoms with Gasteiger partial charge in [-0.1, -0.05) is 13.8 Å². The highest BCUT2D eigenvalue weighted by molar-refractivity contribution is 5.78. The summed E-state index contributed by atoms with van der Waals surface area (Å²) in [6.07, 6.45) is 6.24. The maximum absolute atomic E-state index is 11.4. The van der Waals surface area contributed by atoms with Gasteiger partial charge in [-0.3, -0.25) is 10.1 Å². The molecule has 1 aliphatic rings. The molecule has 112 valence electrons. The van der Waals surface area contributed by atoms with E-state index in [0.717, 1.165) is 51.7 Å². The van der Waals surface area contributed by atoms with Crippen LogP contribution in [0.3, 0.4) is 0 Å². The molecule has 1 rings (SSSR count). The first-order valence-electron chi connectivity index (χ1n) is 7.75. The molecule has 1 aliphatic carbocycles. The standard InChI is InChI=1S/C15H30N2O2/c1-4-10-17(11-5-2)12-6-9-15(3,14(18)19)16-13-7-8-13/h13,16H,4-12H2,1-3H3,(H,18,19). The normalized spacial score (nSPS) is 18.5. The lowest BCUT2D eigenvalue weighted by molar-refractivity contribution is -0.144. The summed E-state index contributed by atoms with van der Waals surface area (Å²) in [5.74, 6) is -0.711. The molecular formula is C15H30N2O2. The predicted octanol–water partition coefficient (Wildman–Crippen LogP) is 2.48. The van der Waals surface area contributed by atoms with Crippen molar-refractivity contribution in [3.63, 3.8) is 0 Å². The summed E-state index contributed by atoms with van der Waals surface area (Å²) in [5, 5.41) is 12.7. The van der Waals surface area contributed by atoms with Gasteiger partial charge in [0.25, 0.3) is 0 Å². The molecule has 1 saturated carbocycles. The Kier molecular flexibility index (Phi) is 6.80. The van der Waals surface area contributed by atoms with E-state index in [2.05, 4.69) is 24.1 Å². The molecule has 0 heterocycles. The second-order valence-corrected chi connectivity index (χ2v) is 6.00. The number of hydrogen-bond donors (Lipinski definition) is 2. The minimum absolute atomic E-state index is 0.434. The fraction of sp³-hybridized carbons (Fsp3) is 0.933. The highest BCUT2D eigenvalue weighted by Gasteiger charge is 2.37. The van der Waals surface area contributed by atoms with Gasteiger partial charge >= 0.3 is 5.97 Å². The average Bonchev–Trinajstić information content (AvgIpc) is 3.13. The van der Waals surface area contributed by atoms with Crippen LogP contribution >= 0.6 is 0 Å². The van der Waals surface area contributed by atoms with Gasteiger partial charge in [0, 0.05) is 6.04 Å². The molecule has 0 aromatic rings. The number of aliphatic carboxylic acids is 1. The first-order valence-corrected chi connectivity index (χ1v) is 7.75. The third-order valence-electron chi connectivity index (χ3n) is 3.80. The fourth-order valence-corrected chi connectivity index (χ4v) is 2.54. The fourth-order valence-electron chi connectivity index (χ4n) is 2.54. The molecule has 1 atom stereocenters. The lowest BCUT2D eigenvalue weighted by Gasteiger charge is -2.28. The van der Waals surface area contributed by atoms with E-state index in [1.165, 1.54) is 0 Å². The van der Waals surface area contributed by atoms with Crippen molar-refractivity contribution in [3.05, 3.63) is 0 Å². The maximum Gasteiger partial charge on any atom is 0.323 e. The van der Waals surface area contributed by atoms with E-state index in [4.69, 9.17) is 0 Å². The monoisotopic (exact) mass is 270 g/mol. The van der Waals surface area contributed by atoms with Crippen LogP contribution in [0.1, 0.15) is 59.3 Å². The molecule has 4 heteroatoms. The lowest BCUT2D eigenvalue weighted by atomic mass is 9.95. The van der Waals surface area contributed by atoms with Crippen molar-refractivity contribution in [3.8, 4) is 0 Å². The van der Waals surface area contributed by atoms with Crippen LogP contribution in [0.4, 0.5) is 0 Å². The van der Waals surface area contributed by atoms with Gasteiger partial charge in [-0.15, -0.1) is 0 Å². The van der Waals surface area contributed by atoms with Crippen LogP contribution in [-0.2, 0) is 4.79 Å². The van der Waals surface area contributed by atoms with Crippen LogP contribution in [0.2, 0.25) is 0 Å². The molecule has 19 heavy (non-hydrogen) atoms. The third kappa shape index (κ3) is 5.91. The van der Waals surface area contributed by atoms with Crippen LogP contribution in [0.5, 0.6) is 0 Å². The van der Waals surface area contributed by atoms with Crippen molar-refractivity contribution in [2.24, 2.45) is 0 Å². The maximum atomic E-state index is 11.4. The lowest BCUT2D eigenvalue weighted by Crippen LogP contribution is -2.50. The zero-order valence-corrected chi connectivity index (χ0v) is 12.7. The molecule has 2 N–H and O–H groups in total. The van der Waals surface area contributed by atoms with Crippen LogP contribution in [0.15, 0.2) is 0 Å². The van der Waals surface area contributed by atoms with E-state index in [1.807, 2.05) is 6.92 Å². The van der Waals surface area contributed by atoms with E-state index in [1.54, 1.807) is 0 Å². The van der Waals surface area contributed by atoms with Gasteiger partial charge in [-0.25, -0.2) is 0 Å². The van der Waals surface area contributed by atoms with Gasteiger partial charge in [0.15, 0.2) is 0 Å². The van der Waals surface area contributed by atoms with Crippen molar-refractivity contribution < 1.29 is 9.90 Å². The van der Waals surface area contributed by atoms with Gasteiger partial charge < -0.3 is 10.0 Å². The van der Waals surface area contributed by atoms with Crippen molar-refractivity contribution in [2.45, 2.75) is 70.9 Å². The SMILES string of the molecule is CCCN(CCC)CCCC(C)(NC1CC1)C(=O)O. The van der Waals surface area contributed by atoms with Crippen molar-refractivity contribution in [2.75, 3.05) is 19.6 Å². The topological polar surface area (TPSA) is 52.6 Å². The van der Waals surface area contributed by atoms with Crippen LogP contribution < -0.4 is 5.32 Å².